The van der Waals surface area contributed by atoms with Crippen LogP contribution in [0.4, 0.5) is 10.7 Å². The monoisotopic (exact) mass is 449 g/mol. The SMILES string of the molecule is NC(=O)c1ccsc1NC(=O)COC(=O)c1ccc2c(c1N)C(=O)c1ccccc1C2=O. The molecule has 160 valence electrons. The van der Waals surface area contributed by atoms with Crippen molar-refractivity contribution in [2.75, 3.05) is 17.7 Å². The molecular weight excluding hydrogens is 434 g/mol. The van der Waals surface area contributed by atoms with E-state index in [0.29, 0.717) is 0 Å². The zero-order valence-corrected chi connectivity index (χ0v) is 17.2. The maximum absolute atomic E-state index is 12.9. The van der Waals surface area contributed by atoms with Crippen LogP contribution in [0, 0.1) is 0 Å². The van der Waals surface area contributed by atoms with Crippen molar-refractivity contribution in [3.8, 4) is 0 Å². The van der Waals surface area contributed by atoms with E-state index >= 15 is 0 Å². The first kappa shape index (κ1) is 20.9. The minimum absolute atomic E-state index is 0.0720. The number of benzene rings is 2. The molecule has 1 heterocycles. The van der Waals surface area contributed by atoms with Gasteiger partial charge >= 0.3 is 5.97 Å². The number of rotatable bonds is 5. The zero-order valence-electron chi connectivity index (χ0n) is 16.3. The van der Waals surface area contributed by atoms with Gasteiger partial charge in [-0.1, -0.05) is 24.3 Å². The Morgan fingerprint density at radius 3 is 2.28 bits per heavy atom. The lowest BCUT2D eigenvalue weighted by molar-refractivity contribution is -0.119. The average molecular weight is 449 g/mol. The summed E-state index contributed by atoms with van der Waals surface area (Å²) in [7, 11) is 0. The quantitative estimate of drug-likeness (QED) is 0.310. The second kappa shape index (κ2) is 8.08. The summed E-state index contributed by atoms with van der Waals surface area (Å²) in [6.07, 6.45) is 0. The summed E-state index contributed by atoms with van der Waals surface area (Å²) in [6, 6.07) is 10.4. The van der Waals surface area contributed by atoms with E-state index in [9.17, 15) is 24.0 Å². The van der Waals surface area contributed by atoms with Crippen LogP contribution < -0.4 is 16.8 Å². The number of thiophene rings is 1. The number of carbonyl (C=O) groups excluding carboxylic acids is 5. The van der Waals surface area contributed by atoms with E-state index in [1.54, 1.807) is 23.6 Å². The molecule has 1 aliphatic rings. The minimum Gasteiger partial charge on any atom is -0.452 e. The van der Waals surface area contributed by atoms with Crippen molar-refractivity contribution >= 4 is 51.4 Å². The predicted molar refractivity (Wildman–Crippen MR) is 116 cm³/mol. The van der Waals surface area contributed by atoms with Gasteiger partial charge in [-0.2, -0.15) is 0 Å². The van der Waals surface area contributed by atoms with Crippen molar-refractivity contribution in [2.24, 2.45) is 5.73 Å². The fourth-order valence-corrected chi connectivity index (χ4v) is 4.17. The molecule has 0 bridgehead atoms. The number of nitrogen functional groups attached to an aromatic ring is 1. The number of anilines is 2. The third kappa shape index (κ3) is 3.52. The smallest absolute Gasteiger partial charge is 0.340 e. The van der Waals surface area contributed by atoms with E-state index in [-0.39, 0.29) is 49.9 Å². The standard InChI is InChI=1S/C22H15N3O6S/c23-17-13(22(30)31-9-15(26)25-21-14(20(24)29)7-8-32-21)6-5-12-16(17)19(28)11-4-2-1-3-10(11)18(12)27/h1-8H,9,23H2,(H2,24,29)(H,25,26). The highest BCUT2D eigenvalue weighted by Crippen LogP contribution is 2.33. The molecule has 5 N–H and O–H groups in total. The van der Waals surface area contributed by atoms with Crippen molar-refractivity contribution < 1.29 is 28.7 Å². The Morgan fingerprint density at radius 1 is 0.906 bits per heavy atom. The van der Waals surface area contributed by atoms with Crippen LogP contribution in [0.3, 0.4) is 0 Å². The van der Waals surface area contributed by atoms with Crippen LogP contribution in [0.2, 0.25) is 0 Å². The molecule has 32 heavy (non-hydrogen) atoms. The molecule has 0 unspecified atom stereocenters. The number of nitrogens with one attached hydrogen (secondary N) is 1. The lowest BCUT2D eigenvalue weighted by Crippen LogP contribution is -2.25. The van der Waals surface area contributed by atoms with Gasteiger partial charge in [0.05, 0.1) is 22.4 Å². The van der Waals surface area contributed by atoms with E-state index in [1.165, 1.54) is 24.3 Å². The number of primary amides is 1. The van der Waals surface area contributed by atoms with Crippen LogP contribution in [0.25, 0.3) is 0 Å². The predicted octanol–water partition coefficient (Wildman–Crippen LogP) is 2.00. The molecule has 0 radical (unpaired) electrons. The third-order valence-corrected chi connectivity index (χ3v) is 5.70. The summed E-state index contributed by atoms with van der Waals surface area (Å²) in [5.41, 5.74) is 11.6. The number of ketones is 2. The number of esters is 1. The average Bonchev–Trinajstić information content (AvgIpc) is 3.24. The summed E-state index contributed by atoms with van der Waals surface area (Å²) in [6.45, 7) is -0.666. The molecule has 0 saturated heterocycles. The summed E-state index contributed by atoms with van der Waals surface area (Å²) in [5, 5.41) is 4.25. The van der Waals surface area contributed by atoms with Crippen LogP contribution in [0.5, 0.6) is 0 Å². The number of carbonyl (C=O) groups is 5. The summed E-state index contributed by atoms with van der Waals surface area (Å²) in [4.78, 5) is 61.6. The third-order valence-electron chi connectivity index (χ3n) is 4.87. The molecule has 0 atom stereocenters. The van der Waals surface area contributed by atoms with Crippen molar-refractivity contribution in [3.05, 3.63) is 81.2 Å². The minimum atomic E-state index is -0.944. The van der Waals surface area contributed by atoms with Gasteiger partial charge in [-0.15, -0.1) is 11.3 Å². The first-order chi connectivity index (χ1) is 15.3. The first-order valence-electron chi connectivity index (χ1n) is 9.24. The van der Waals surface area contributed by atoms with Crippen LogP contribution in [-0.2, 0) is 9.53 Å². The van der Waals surface area contributed by atoms with Crippen LogP contribution in [-0.4, -0.2) is 36.0 Å². The molecular formula is C22H15N3O6S. The van der Waals surface area contributed by atoms with E-state index in [2.05, 4.69) is 5.32 Å². The van der Waals surface area contributed by atoms with Crippen molar-refractivity contribution in [1.29, 1.82) is 0 Å². The van der Waals surface area contributed by atoms with Crippen molar-refractivity contribution in [3.63, 3.8) is 0 Å². The highest BCUT2D eigenvalue weighted by Gasteiger charge is 2.33. The molecule has 2 amide bonds. The normalized spacial score (nSPS) is 12.0. The van der Waals surface area contributed by atoms with Gasteiger partial charge in [0.15, 0.2) is 18.2 Å². The van der Waals surface area contributed by atoms with Crippen LogP contribution >= 0.6 is 11.3 Å². The summed E-state index contributed by atoms with van der Waals surface area (Å²) < 4.78 is 5.00. The van der Waals surface area contributed by atoms with Gasteiger partial charge in [0.2, 0.25) is 0 Å². The number of ether oxygens (including phenoxy) is 1. The molecule has 0 spiro atoms. The number of nitrogens with two attached hydrogens (primary N) is 2. The van der Waals surface area contributed by atoms with E-state index in [0.717, 1.165) is 11.3 Å². The topological polar surface area (TPSA) is 159 Å². The number of amides is 2. The fraction of sp³-hybridized carbons (Fsp3) is 0.0455. The Bertz CT molecular complexity index is 1330. The van der Waals surface area contributed by atoms with Gasteiger partial charge in [-0.05, 0) is 23.6 Å². The number of hydrogen-bond acceptors (Lipinski definition) is 8. The Kier molecular flexibility index (Phi) is 5.29. The van der Waals surface area contributed by atoms with Crippen molar-refractivity contribution in [2.45, 2.75) is 0 Å². The van der Waals surface area contributed by atoms with Crippen LogP contribution in [0.1, 0.15) is 52.6 Å². The van der Waals surface area contributed by atoms with Gasteiger partial charge < -0.3 is 21.5 Å². The highest BCUT2D eigenvalue weighted by atomic mass is 32.1. The van der Waals surface area contributed by atoms with E-state index < -0.39 is 30.2 Å². The molecule has 3 aromatic rings. The second-order valence-electron chi connectivity index (χ2n) is 6.81. The number of fused-ring (bicyclic) bond motifs is 2. The molecule has 0 saturated carbocycles. The maximum atomic E-state index is 12.9. The lowest BCUT2D eigenvalue weighted by Gasteiger charge is -2.20. The maximum Gasteiger partial charge on any atom is 0.340 e. The lowest BCUT2D eigenvalue weighted by atomic mass is 9.82. The summed E-state index contributed by atoms with van der Waals surface area (Å²) >= 11 is 1.09. The Balaban J connectivity index is 1.52. The fourth-order valence-electron chi connectivity index (χ4n) is 3.36. The zero-order chi connectivity index (χ0) is 23.0. The van der Waals surface area contributed by atoms with Gasteiger partial charge in [-0.3, -0.25) is 19.2 Å². The van der Waals surface area contributed by atoms with Gasteiger partial charge in [0.1, 0.15) is 5.00 Å². The highest BCUT2D eigenvalue weighted by molar-refractivity contribution is 7.14. The van der Waals surface area contributed by atoms with Gasteiger partial charge in [0.25, 0.3) is 11.8 Å². The Labute approximate surface area is 185 Å². The molecule has 9 nitrogen and oxygen atoms in total. The molecule has 4 rings (SSSR count). The van der Waals surface area contributed by atoms with E-state index in [4.69, 9.17) is 16.2 Å². The molecule has 10 heteroatoms. The van der Waals surface area contributed by atoms with Crippen molar-refractivity contribution in [1.82, 2.24) is 0 Å². The second-order valence-corrected chi connectivity index (χ2v) is 7.72. The molecule has 0 fully saturated rings. The van der Waals surface area contributed by atoms with Gasteiger partial charge in [-0.25, -0.2) is 4.79 Å². The Hall–Kier alpha value is -4.31. The summed E-state index contributed by atoms with van der Waals surface area (Å²) in [5.74, 6) is -3.19. The molecule has 0 aliphatic heterocycles. The molecule has 1 aliphatic carbocycles. The Morgan fingerprint density at radius 2 is 1.59 bits per heavy atom. The first-order valence-corrected chi connectivity index (χ1v) is 10.1. The molecule has 1 aromatic heterocycles. The molecule has 2 aromatic carbocycles. The van der Waals surface area contributed by atoms with Gasteiger partial charge in [0, 0.05) is 16.7 Å². The number of hydrogen-bond donors (Lipinski definition) is 3. The van der Waals surface area contributed by atoms with E-state index in [1.807, 2.05) is 0 Å². The largest absolute Gasteiger partial charge is 0.452 e. The van der Waals surface area contributed by atoms with Crippen LogP contribution in [0.15, 0.2) is 47.8 Å².